The molecule has 0 aromatic heterocycles. The van der Waals surface area contributed by atoms with Crippen LogP contribution in [0.1, 0.15) is 20.3 Å². The molecule has 0 aromatic carbocycles. The zero-order valence-electron chi connectivity index (χ0n) is 8.29. The van der Waals surface area contributed by atoms with Gasteiger partial charge in [0.25, 0.3) is 0 Å². The third-order valence-corrected chi connectivity index (χ3v) is 1.26. The van der Waals surface area contributed by atoms with Crippen molar-refractivity contribution in [3.63, 3.8) is 0 Å². The normalized spacial score (nSPS) is 10.8. The van der Waals surface area contributed by atoms with Gasteiger partial charge in [-0.3, -0.25) is 4.79 Å². The zero-order chi connectivity index (χ0) is 10.3. The number of hydrogen-bond donors (Lipinski definition) is 0. The Morgan fingerprint density at radius 1 is 1.54 bits per heavy atom. The van der Waals surface area contributed by atoms with E-state index in [1.807, 2.05) is 6.92 Å². The van der Waals surface area contributed by atoms with E-state index in [4.69, 9.17) is 4.74 Å². The van der Waals surface area contributed by atoms with Crippen LogP contribution < -0.4 is 0 Å². The molecule has 0 unspecified atom stereocenters. The standard InChI is InChI=1S/C9H15NO3/c1-5-13-8(3)9(10-12-4)6-7(2)11/h3,5-6H2,1-2,4H3/b10-9+. The van der Waals surface area contributed by atoms with Gasteiger partial charge < -0.3 is 9.57 Å². The lowest BCUT2D eigenvalue weighted by Crippen LogP contribution is -2.10. The summed E-state index contributed by atoms with van der Waals surface area (Å²) in [6.07, 6.45) is 0.187. The molecule has 0 saturated carbocycles. The average molecular weight is 185 g/mol. The highest BCUT2D eigenvalue weighted by Gasteiger charge is 2.09. The summed E-state index contributed by atoms with van der Waals surface area (Å²) in [5.41, 5.74) is 0.442. The Labute approximate surface area is 78.2 Å². The van der Waals surface area contributed by atoms with Gasteiger partial charge in [0.1, 0.15) is 24.4 Å². The van der Waals surface area contributed by atoms with Gasteiger partial charge in [0.05, 0.1) is 13.0 Å². The van der Waals surface area contributed by atoms with Gasteiger partial charge in [-0.15, -0.1) is 0 Å². The fourth-order valence-electron chi connectivity index (χ4n) is 0.785. The molecule has 0 aliphatic heterocycles. The van der Waals surface area contributed by atoms with Crippen LogP contribution in [0.2, 0.25) is 0 Å². The number of carbonyl (C=O) groups excluding carboxylic acids is 1. The Kier molecular flexibility index (Phi) is 5.59. The monoisotopic (exact) mass is 185 g/mol. The molecule has 0 aliphatic carbocycles. The fourth-order valence-corrected chi connectivity index (χ4v) is 0.785. The summed E-state index contributed by atoms with van der Waals surface area (Å²) in [7, 11) is 1.42. The number of carbonyl (C=O) groups is 1. The maximum absolute atomic E-state index is 10.8. The van der Waals surface area contributed by atoms with Gasteiger partial charge >= 0.3 is 0 Å². The molecule has 0 saturated heterocycles. The highest BCUT2D eigenvalue weighted by Crippen LogP contribution is 2.03. The van der Waals surface area contributed by atoms with Gasteiger partial charge in [0, 0.05) is 0 Å². The van der Waals surface area contributed by atoms with Gasteiger partial charge in [-0.25, -0.2) is 0 Å². The van der Waals surface area contributed by atoms with Crippen molar-refractivity contribution in [3.05, 3.63) is 12.3 Å². The maximum atomic E-state index is 10.8. The lowest BCUT2D eigenvalue weighted by Gasteiger charge is -2.07. The topological polar surface area (TPSA) is 47.9 Å². The summed E-state index contributed by atoms with van der Waals surface area (Å²) >= 11 is 0. The van der Waals surface area contributed by atoms with Crippen molar-refractivity contribution in [1.29, 1.82) is 0 Å². The number of Topliss-reactive ketones (excluding diaryl/α,β-unsaturated/α-hetero) is 1. The van der Waals surface area contributed by atoms with Gasteiger partial charge in [-0.2, -0.15) is 0 Å². The van der Waals surface area contributed by atoms with Crippen molar-refractivity contribution in [2.24, 2.45) is 5.16 Å². The summed E-state index contributed by atoms with van der Waals surface area (Å²) in [4.78, 5) is 15.4. The number of hydrogen-bond acceptors (Lipinski definition) is 4. The van der Waals surface area contributed by atoms with Crippen LogP contribution in [0.4, 0.5) is 0 Å². The molecular formula is C9H15NO3. The first kappa shape index (κ1) is 11.7. The Morgan fingerprint density at radius 2 is 2.15 bits per heavy atom. The van der Waals surface area contributed by atoms with E-state index in [-0.39, 0.29) is 12.2 Å². The summed E-state index contributed by atoms with van der Waals surface area (Å²) in [5, 5.41) is 3.65. The number of allylic oxidation sites excluding steroid dienone is 1. The van der Waals surface area contributed by atoms with Crippen LogP contribution >= 0.6 is 0 Å². The van der Waals surface area contributed by atoms with E-state index in [2.05, 4.69) is 16.6 Å². The van der Waals surface area contributed by atoms with Crippen LogP contribution in [0.3, 0.4) is 0 Å². The van der Waals surface area contributed by atoms with Crippen LogP contribution in [-0.2, 0) is 14.4 Å². The Balaban J connectivity index is 4.33. The molecule has 0 bridgehead atoms. The van der Waals surface area contributed by atoms with Gasteiger partial charge in [-0.05, 0) is 13.8 Å². The lowest BCUT2D eigenvalue weighted by atomic mass is 10.2. The van der Waals surface area contributed by atoms with E-state index in [1.54, 1.807) is 0 Å². The first-order chi connectivity index (χ1) is 6.11. The fraction of sp³-hybridized carbons (Fsp3) is 0.556. The van der Waals surface area contributed by atoms with E-state index >= 15 is 0 Å². The van der Waals surface area contributed by atoms with Crippen molar-refractivity contribution >= 4 is 11.5 Å². The van der Waals surface area contributed by atoms with Gasteiger partial charge in [0.15, 0.2) is 0 Å². The maximum Gasteiger partial charge on any atom is 0.137 e. The molecule has 4 heteroatoms. The number of rotatable bonds is 6. The highest BCUT2D eigenvalue weighted by molar-refractivity contribution is 6.08. The molecule has 4 nitrogen and oxygen atoms in total. The Hall–Kier alpha value is -1.32. The van der Waals surface area contributed by atoms with Crippen LogP contribution in [0, 0.1) is 0 Å². The van der Waals surface area contributed by atoms with E-state index in [0.29, 0.717) is 18.1 Å². The molecule has 0 heterocycles. The van der Waals surface area contributed by atoms with Crippen molar-refractivity contribution in [2.45, 2.75) is 20.3 Å². The first-order valence-electron chi connectivity index (χ1n) is 4.03. The minimum atomic E-state index is -0.00310. The van der Waals surface area contributed by atoms with E-state index in [0.717, 1.165) is 0 Å². The van der Waals surface area contributed by atoms with E-state index < -0.39 is 0 Å². The van der Waals surface area contributed by atoms with Crippen LogP contribution in [0.5, 0.6) is 0 Å². The molecule has 0 amide bonds. The number of nitrogens with zero attached hydrogens (tertiary/aromatic N) is 1. The van der Waals surface area contributed by atoms with Gasteiger partial charge in [0.2, 0.25) is 0 Å². The molecule has 0 radical (unpaired) electrons. The molecule has 0 aliphatic rings. The van der Waals surface area contributed by atoms with Crippen molar-refractivity contribution in [1.82, 2.24) is 0 Å². The Bertz CT molecular complexity index is 221. The number of ether oxygens (including phenoxy) is 1. The van der Waals surface area contributed by atoms with E-state index in [1.165, 1.54) is 14.0 Å². The summed E-state index contributed by atoms with van der Waals surface area (Å²) in [6, 6.07) is 0. The predicted octanol–water partition coefficient (Wildman–Crippen LogP) is 1.52. The molecular weight excluding hydrogens is 170 g/mol. The third-order valence-electron chi connectivity index (χ3n) is 1.26. The van der Waals surface area contributed by atoms with Crippen molar-refractivity contribution in [2.75, 3.05) is 13.7 Å². The number of oxime groups is 1. The minimum Gasteiger partial charge on any atom is -0.492 e. The second-order valence-corrected chi connectivity index (χ2v) is 2.46. The molecule has 0 N–H and O–H groups in total. The zero-order valence-corrected chi connectivity index (χ0v) is 8.29. The van der Waals surface area contributed by atoms with Crippen LogP contribution in [0.15, 0.2) is 17.5 Å². The second kappa shape index (κ2) is 6.22. The molecule has 0 rings (SSSR count). The molecule has 0 spiro atoms. The SMILES string of the molecule is C=C(OCC)/C(CC(C)=O)=N/OC. The van der Waals surface area contributed by atoms with Crippen molar-refractivity contribution in [3.8, 4) is 0 Å². The highest BCUT2D eigenvalue weighted by atomic mass is 16.6. The third kappa shape index (κ3) is 5.00. The minimum absolute atomic E-state index is 0.00310. The van der Waals surface area contributed by atoms with Crippen LogP contribution in [0.25, 0.3) is 0 Å². The lowest BCUT2D eigenvalue weighted by molar-refractivity contribution is -0.115. The molecule has 74 valence electrons. The average Bonchev–Trinajstić information content (AvgIpc) is 2.03. The Morgan fingerprint density at radius 3 is 2.54 bits per heavy atom. The quantitative estimate of drug-likeness (QED) is 0.358. The summed E-state index contributed by atoms with van der Waals surface area (Å²) in [5.74, 6) is 0.385. The number of ketones is 1. The largest absolute Gasteiger partial charge is 0.492 e. The summed E-state index contributed by atoms with van der Waals surface area (Å²) in [6.45, 7) is 7.44. The molecule has 0 atom stereocenters. The smallest absolute Gasteiger partial charge is 0.137 e. The molecule has 13 heavy (non-hydrogen) atoms. The van der Waals surface area contributed by atoms with E-state index in [9.17, 15) is 4.79 Å². The second-order valence-electron chi connectivity index (χ2n) is 2.46. The summed E-state index contributed by atoms with van der Waals surface area (Å²) < 4.78 is 5.10. The predicted molar refractivity (Wildman–Crippen MR) is 50.5 cm³/mol. The first-order valence-corrected chi connectivity index (χ1v) is 4.03. The van der Waals surface area contributed by atoms with Crippen LogP contribution in [-0.4, -0.2) is 25.2 Å². The van der Waals surface area contributed by atoms with Gasteiger partial charge in [-0.1, -0.05) is 11.7 Å². The molecule has 0 aromatic rings. The van der Waals surface area contributed by atoms with Crippen molar-refractivity contribution < 1.29 is 14.4 Å². The molecule has 0 fully saturated rings.